The van der Waals surface area contributed by atoms with Gasteiger partial charge in [0.25, 0.3) is 0 Å². The van der Waals surface area contributed by atoms with Crippen LogP contribution >= 0.6 is 0 Å². The fourth-order valence-corrected chi connectivity index (χ4v) is 4.65. The standard InChI is InChI=1S/C20H32N2O4S/c1-16-15-22(10-8-19-25-12-5-13-26-19)11-9-20(16,2)17-6-4-7-18(14-17)21-27(3,23)24/h4,6-7,14,16,19,21H,5,8-13,15H2,1-3H3. The Morgan fingerprint density at radius 3 is 2.70 bits per heavy atom. The Morgan fingerprint density at radius 1 is 1.30 bits per heavy atom. The van der Waals surface area contributed by atoms with Crippen molar-refractivity contribution in [2.75, 3.05) is 43.8 Å². The lowest BCUT2D eigenvalue weighted by Gasteiger charge is -2.45. The van der Waals surface area contributed by atoms with Gasteiger partial charge in [0.15, 0.2) is 6.29 Å². The zero-order valence-corrected chi connectivity index (χ0v) is 17.4. The third kappa shape index (κ3) is 5.44. The van der Waals surface area contributed by atoms with Gasteiger partial charge in [-0.2, -0.15) is 0 Å². The van der Waals surface area contributed by atoms with Gasteiger partial charge >= 0.3 is 0 Å². The van der Waals surface area contributed by atoms with Crippen LogP contribution in [0.3, 0.4) is 0 Å². The number of ether oxygens (including phenoxy) is 2. The lowest BCUT2D eigenvalue weighted by Crippen LogP contribution is -2.48. The minimum Gasteiger partial charge on any atom is -0.353 e. The van der Waals surface area contributed by atoms with E-state index in [4.69, 9.17) is 9.47 Å². The number of benzene rings is 1. The van der Waals surface area contributed by atoms with Crippen molar-refractivity contribution in [3.05, 3.63) is 29.8 Å². The van der Waals surface area contributed by atoms with Gasteiger partial charge in [-0.3, -0.25) is 4.72 Å². The van der Waals surface area contributed by atoms with E-state index in [9.17, 15) is 8.42 Å². The van der Waals surface area contributed by atoms with Crippen LogP contribution in [0.5, 0.6) is 0 Å². The molecule has 2 atom stereocenters. The van der Waals surface area contributed by atoms with E-state index in [1.165, 1.54) is 11.8 Å². The van der Waals surface area contributed by atoms with Crippen molar-refractivity contribution in [2.24, 2.45) is 5.92 Å². The van der Waals surface area contributed by atoms with Gasteiger partial charge in [-0.1, -0.05) is 26.0 Å². The first-order valence-electron chi connectivity index (χ1n) is 9.80. The molecule has 3 rings (SSSR count). The van der Waals surface area contributed by atoms with Crippen LogP contribution in [0.2, 0.25) is 0 Å². The van der Waals surface area contributed by atoms with Gasteiger partial charge < -0.3 is 14.4 Å². The SMILES string of the molecule is CC1CN(CCC2OCCCO2)CCC1(C)c1cccc(NS(C)(=O)=O)c1. The van der Waals surface area contributed by atoms with Crippen molar-refractivity contribution in [1.29, 1.82) is 0 Å². The normalized spacial score (nSPS) is 28.2. The maximum atomic E-state index is 11.5. The monoisotopic (exact) mass is 396 g/mol. The third-order valence-electron chi connectivity index (χ3n) is 5.97. The van der Waals surface area contributed by atoms with Crippen molar-refractivity contribution < 1.29 is 17.9 Å². The van der Waals surface area contributed by atoms with Crippen LogP contribution in [0.15, 0.2) is 24.3 Å². The molecule has 0 radical (unpaired) electrons. The van der Waals surface area contributed by atoms with E-state index in [0.29, 0.717) is 11.6 Å². The van der Waals surface area contributed by atoms with Crippen LogP contribution in [-0.2, 0) is 24.9 Å². The summed E-state index contributed by atoms with van der Waals surface area (Å²) in [5, 5.41) is 0. The highest BCUT2D eigenvalue weighted by Gasteiger charge is 2.38. The molecule has 27 heavy (non-hydrogen) atoms. The van der Waals surface area contributed by atoms with Crippen LogP contribution in [0.25, 0.3) is 0 Å². The molecule has 0 amide bonds. The van der Waals surface area contributed by atoms with Crippen molar-refractivity contribution in [1.82, 2.24) is 4.90 Å². The quantitative estimate of drug-likeness (QED) is 0.801. The summed E-state index contributed by atoms with van der Waals surface area (Å²) < 4.78 is 37.0. The third-order valence-corrected chi connectivity index (χ3v) is 6.58. The molecule has 1 aromatic carbocycles. The number of hydrogen-bond acceptors (Lipinski definition) is 5. The zero-order valence-electron chi connectivity index (χ0n) is 16.6. The van der Waals surface area contributed by atoms with E-state index < -0.39 is 10.0 Å². The zero-order chi connectivity index (χ0) is 19.5. The van der Waals surface area contributed by atoms with Crippen molar-refractivity contribution >= 4 is 15.7 Å². The molecule has 2 aliphatic rings. The number of sulfonamides is 1. The van der Waals surface area contributed by atoms with E-state index in [1.807, 2.05) is 12.1 Å². The lowest BCUT2D eigenvalue weighted by molar-refractivity contribution is -0.183. The second-order valence-corrected chi connectivity index (χ2v) is 9.89. The molecule has 6 nitrogen and oxygen atoms in total. The molecule has 1 N–H and O–H groups in total. The van der Waals surface area contributed by atoms with Crippen LogP contribution in [0.1, 0.15) is 38.7 Å². The number of piperidine rings is 1. The Morgan fingerprint density at radius 2 is 2.04 bits per heavy atom. The van der Waals surface area contributed by atoms with Gasteiger partial charge in [-0.05, 0) is 48.4 Å². The van der Waals surface area contributed by atoms with Crippen LogP contribution in [-0.4, -0.2) is 58.7 Å². The number of anilines is 1. The molecule has 0 bridgehead atoms. The fourth-order valence-electron chi connectivity index (χ4n) is 4.09. The first kappa shape index (κ1) is 20.6. The molecule has 2 unspecified atom stereocenters. The van der Waals surface area contributed by atoms with E-state index >= 15 is 0 Å². The van der Waals surface area contributed by atoms with Gasteiger partial charge in [0, 0.05) is 25.2 Å². The molecular weight excluding hydrogens is 364 g/mol. The molecule has 2 aliphatic heterocycles. The largest absolute Gasteiger partial charge is 0.353 e. The Balaban J connectivity index is 1.61. The summed E-state index contributed by atoms with van der Waals surface area (Å²) in [4.78, 5) is 2.49. The maximum absolute atomic E-state index is 11.5. The van der Waals surface area contributed by atoms with E-state index in [0.717, 1.165) is 52.1 Å². The van der Waals surface area contributed by atoms with Crippen LogP contribution in [0.4, 0.5) is 5.69 Å². The van der Waals surface area contributed by atoms with Crippen molar-refractivity contribution in [2.45, 2.75) is 44.8 Å². The summed E-state index contributed by atoms with van der Waals surface area (Å²) in [5.74, 6) is 0.466. The number of nitrogens with one attached hydrogen (secondary N) is 1. The molecule has 2 fully saturated rings. The van der Waals surface area contributed by atoms with Crippen LogP contribution < -0.4 is 4.72 Å². The summed E-state index contributed by atoms with van der Waals surface area (Å²) >= 11 is 0. The number of hydrogen-bond donors (Lipinski definition) is 1. The smallest absolute Gasteiger partial charge is 0.229 e. The molecule has 0 aliphatic carbocycles. The van der Waals surface area contributed by atoms with Gasteiger partial charge in [-0.25, -0.2) is 8.42 Å². The highest BCUT2D eigenvalue weighted by atomic mass is 32.2. The lowest BCUT2D eigenvalue weighted by atomic mass is 9.68. The predicted octanol–water partition coefficient (Wildman–Crippen LogP) is 2.81. The topological polar surface area (TPSA) is 67.9 Å². The van der Waals surface area contributed by atoms with Gasteiger partial charge in [0.1, 0.15) is 0 Å². The van der Waals surface area contributed by atoms with Gasteiger partial charge in [0.2, 0.25) is 10.0 Å². The molecule has 1 aromatic rings. The Labute approximate surface area is 163 Å². The van der Waals surface area contributed by atoms with E-state index in [2.05, 4.69) is 29.5 Å². The summed E-state index contributed by atoms with van der Waals surface area (Å²) in [6, 6.07) is 7.84. The fraction of sp³-hybridized carbons (Fsp3) is 0.700. The summed E-state index contributed by atoms with van der Waals surface area (Å²) in [7, 11) is -3.27. The molecule has 0 aromatic heterocycles. The summed E-state index contributed by atoms with van der Waals surface area (Å²) in [5.41, 5.74) is 1.86. The minimum atomic E-state index is -3.27. The average Bonchev–Trinajstić information content (AvgIpc) is 2.62. The van der Waals surface area contributed by atoms with Crippen molar-refractivity contribution in [3.8, 4) is 0 Å². The van der Waals surface area contributed by atoms with E-state index in [-0.39, 0.29) is 11.7 Å². The maximum Gasteiger partial charge on any atom is 0.229 e. The van der Waals surface area contributed by atoms with Crippen LogP contribution in [0, 0.1) is 5.92 Å². The minimum absolute atomic E-state index is 0.0313. The highest BCUT2D eigenvalue weighted by Crippen LogP contribution is 2.40. The second kappa shape index (κ2) is 8.47. The summed E-state index contributed by atoms with van der Waals surface area (Å²) in [6.45, 7) is 9.22. The molecule has 2 heterocycles. The van der Waals surface area contributed by atoms with Gasteiger partial charge in [0.05, 0.1) is 19.5 Å². The molecule has 2 saturated heterocycles. The highest BCUT2D eigenvalue weighted by molar-refractivity contribution is 7.92. The second-order valence-electron chi connectivity index (χ2n) is 8.14. The molecule has 0 spiro atoms. The number of nitrogens with zero attached hydrogens (tertiary/aromatic N) is 1. The molecule has 7 heteroatoms. The Bertz CT molecular complexity index is 733. The van der Waals surface area contributed by atoms with E-state index in [1.54, 1.807) is 6.07 Å². The average molecular weight is 397 g/mol. The number of rotatable bonds is 6. The predicted molar refractivity (Wildman–Crippen MR) is 107 cm³/mol. The molecule has 0 saturated carbocycles. The Kier molecular flexibility index (Phi) is 6.46. The first-order chi connectivity index (χ1) is 12.8. The molecular formula is C20H32N2O4S. The first-order valence-corrected chi connectivity index (χ1v) is 11.7. The Hall–Kier alpha value is -1.15. The number of likely N-dealkylation sites (tertiary alicyclic amines) is 1. The summed E-state index contributed by atoms with van der Waals surface area (Å²) in [6.07, 6.45) is 4.08. The molecule has 152 valence electrons. The van der Waals surface area contributed by atoms with Gasteiger partial charge in [-0.15, -0.1) is 0 Å². The van der Waals surface area contributed by atoms with Crippen molar-refractivity contribution in [3.63, 3.8) is 0 Å².